The molecule has 0 aliphatic heterocycles. The van der Waals surface area contributed by atoms with Crippen LogP contribution in [0, 0.1) is 30.5 Å². The quantitative estimate of drug-likeness (QED) is 0.234. The van der Waals surface area contributed by atoms with Crippen molar-refractivity contribution >= 4 is 38.4 Å². The first-order valence-electron chi connectivity index (χ1n) is 14.6. The average Bonchev–Trinajstić information content (AvgIpc) is 3.62. The number of hydrogen-bond donors (Lipinski definition) is 1. The standard InChI is InChI=1S/C31H29F3N6O4S/c1-3-44-30(41)25-18-8-11-23(31(33,34)14-18)26(25)36-28-24-5-4-12-39(24)38-27(37-28)22-16-40(29-21(22)13-19(32)15-35-29)45(42,43)20-9-6-17(2)7-10-20/h4-7,9-10,12-13,15-16,18,23,25-26H,3,8,11,14H2,1-2H3,(H,36,37,38)/t18-,23-,25+,26+/m0/s1. The molecule has 8 rings (SSSR count). The van der Waals surface area contributed by atoms with Gasteiger partial charge in [-0.25, -0.2) is 40.0 Å². The number of nitrogens with zero attached hydrogens (tertiary/aromatic N) is 5. The van der Waals surface area contributed by atoms with Gasteiger partial charge in [0.1, 0.15) is 11.3 Å². The van der Waals surface area contributed by atoms with E-state index in [1.807, 2.05) is 6.92 Å². The first kappa shape index (κ1) is 29.3. The van der Waals surface area contributed by atoms with Crippen molar-refractivity contribution in [2.75, 3.05) is 11.9 Å². The zero-order valence-electron chi connectivity index (χ0n) is 24.3. The Morgan fingerprint density at radius 2 is 1.96 bits per heavy atom. The van der Waals surface area contributed by atoms with E-state index >= 15 is 8.78 Å². The van der Waals surface area contributed by atoms with Crippen LogP contribution < -0.4 is 5.32 Å². The lowest BCUT2D eigenvalue weighted by molar-refractivity contribution is -0.179. The lowest BCUT2D eigenvalue weighted by Gasteiger charge is -2.51. The van der Waals surface area contributed by atoms with Crippen LogP contribution in [-0.2, 0) is 19.6 Å². The number of rotatable bonds is 7. The fourth-order valence-electron chi connectivity index (χ4n) is 6.82. The van der Waals surface area contributed by atoms with E-state index in [1.54, 1.807) is 37.4 Å². The molecule has 1 N–H and O–H groups in total. The average molecular weight is 639 g/mol. The fraction of sp³-hybridized carbons (Fsp3) is 0.355. The topological polar surface area (TPSA) is 120 Å². The largest absolute Gasteiger partial charge is 0.466 e. The molecule has 0 radical (unpaired) electrons. The fourth-order valence-corrected chi connectivity index (χ4v) is 8.14. The van der Waals surface area contributed by atoms with Crippen LogP contribution in [0.15, 0.2) is 66.0 Å². The van der Waals surface area contributed by atoms with Gasteiger partial charge < -0.3 is 10.1 Å². The molecule has 0 saturated heterocycles. The molecule has 0 amide bonds. The summed E-state index contributed by atoms with van der Waals surface area (Å²) in [5.74, 6) is -6.57. The number of benzene rings is 1. The third kappa shape index (κ3) is 4.82. The molecule has 234 valence electrons. The van der Waals surface area contributed by atoms with Crippen molar-refractivity contribution in [3.05, 3.63) is 72.4 Å². The van der Waals surface area contributed by atoms with Gasteiger partial charge in [-0.1, -0.05) is 17.7 Å². The molecule has 4 atom stereocenters. The van der Waals surface area contributed by atoms with E-state index in [9.17, 15) is 17.6 Å². The van der Waals surface area contributed by atoms with Crippen LogP contribution in [0.2, 0.25) is 0 Å². The van der Waals surface area contributed by atoms with E-state index in [2.05, 4.69) is 20.4 Å². The number of anilines is 1. The number of fused-ring (bicyclic) bond motifs is 5. The zero-order chi connectivity index (χ0) is 31.7. The SMILES string of the molecule is CCOC(=O)[C@@H]1[C@H]2CC[C@@H]([C@H]1Nc1nc(-c3cn(S(=O)(=O)c4ccc(C)cc4)c4ncc(F)cc34)nn3cccc13)C(F)(F)C2. The number of carbonyl (C=O) groups excluding carboxylic acids is 1. The summed E-state index contributed by atoms with van der Waals surface area (Å²) < 4.78 is 80.2. The van der Waals surface area contributed by atoms with E-state index in [1.165, 1.54) is 22.8 Å². The normalized spacial score (nSPS) is 22.6. The summed E-state index contributed by atoms with van der Waals surface area (Å²) >= 11 is 0. The van der Waals surface area contributed by atoms with Gasteiger partial charge in [0.05, 0.1) is 23.6 Å². The monoisotopic (exact) mass is 638 g/mol. The summed E-state index contributed by atoms with van der Waals surface area (Å²) in [5, 5.41) is 7.84. The number of ether oxygens (including phenoxy) is 1. The van der Waals surface area contributed by atoms with Crippen molar-refractivity contribution in [1.82, 2.24) is 23.6 Å². The molecular weight excluding hydrogens is 609 g/mol. The lowest BCUT2D eigenvalue weighted by Crippen LogP contribution is -2.59. The van der Waals surface area contributed by atoms with E-state index in [-0.39, 0.29) is 52.6 Å². The molecule has 2 bridgehead atoms. The summed E-state index contributed by atoms with van der Waals surface area (Å²) in [6.45, 7) is 3.62. The Balaban J connectivity index is 1.37. The number of aromatic nitrogens is 5. The van der Waals surface area contributed by atoms with Gasteiger partial charge in [-0.05, 0) is 62.9 Å². The van der Waals surface area contributed by atoms with E-state index in [0.29, 0.717) is 11.9 Å². The summed E-state index contributed by atoms with van der Waals surface area (Å²) in [6, 6.07) is 9.82. The highest BCUT2D eigenvalue weighted by Crippen LogP contribution is 2.54. The van der Waals surface area contributed by atoms with Crippen LogP contribution in [0.25, 0.3) is 27.9 Å². The molecule has 3 aliphatic rings. The minimum atomic E-state index is -4.17. The Morgan fingerprint density at radius 1 is 1.18 bits per heavy atom. The summed E-state index contributed by atoms with van der Waals surface area (Å²) in [4.78, 5) is 21.8. The predicted octanol–water partition coefficient (Wildman–Crippen LogP) is 5.46. The van der Waals surface area contributed by atoms with Gasteiger partial charge in [0.2, 0.25) is 0 Å². The Labute approximate surface area is 256 Å². The molecule has 3 fully saturated rings. The van der Waals surface area contributed by atoms with E-state index in [4.69, 9.17) is 4.74 Å². The maximum atomic E-state index is 15.2. The Hall–Kier alpha value is -4.46. The van der Waals surface area contributed by atoms with Crippen molar-refractivity contribution in [3.8, 4) is 11.4 Å². The minimum Gasteiger partial charge on any atom is -0.466 e. The molecule has 4 aromatic heterocycles. The Kier molecular flexibility index (Phi) is 6.87. The van der Waals surface area contributed by atoms with Crippen molar-refractivity contribution < 1.29 is 31.1 Å². The minimum absolute atomic E-state index is 0.00290. The number of halogens is 3. The number of pyridine rings is 1. The van der Waals surface area contributed by atoms with Crippen LogP contribution in [-0.4, -0.2) is 56.5 Å². The van der Waals surface area contributed by atoms with Crippen LogP contribution in [0.5, 0.6) is 0 Å². The maximum absolute atomic E-state index is 15.2. The number of carbonyl (C=O) groups is 1. The van der Waals surface area contributed by atoms with Gasteiger partial charge in [-0.3, -0.25) is 4.79 Å². The third-order valence-corrected chi connectivity index (χ3v) is 10.6. The van der Waals surface area contributed by atoms with Crippen molar-refractivity contribution in [2.24, 2.45) is 17.8 Å². The maximum Gasteiger partial charge on any atom is 0.311 e. The van der Waals surface area contributed by atoms with Crippen LogP contribution >= 0.6 is 0 Å². The molecule has 3 aliphatic carbocycles. The zero-order valence-corrected chi connectivity index (χ0v) is 25.1. The number of alkyl halides is 2. The van der Waals surface area contributed by atoms with Crippen LogP contribution in [0.3, 0.4) is 0 Å². The first-order valence-corrected chi connectivity index (χ1v) is 16.1. The highest BCUT2D eigenvalue weighted by atomic mass is 32.2. The van der Waals surface area contributed by atoms with Crippen molar-refractivity contribution in [3.63, 3.8) is 0 Å². The molecule has 1 aromatic carbocycles. The highest BCUT2D eigenvalue weighted by Gasteiger charge is 2.60. The van der Waals surface area contributed by atoms with Gasteiger partial charge in [0, 0.05) is 41.7 Å². The van der Waals surface area contributed by atoms with Crippen molar-refractivity contribution in [2.45, 2.75) is 50.0 Å². The van der Waals surface area contributed by atoms with Gasteiger partial charge in [-0.15, -0.1) is 5.10 Å². The van der Waals surface area contributed by atoms with Crippen LogP contribution in [0.1, 0.15) is 31.7 Å². The number of hydrogen-bond acceptors (Lipinski definition) is 8. The molecule has 45 heavy (non-hydrogen) atoms. The van der Waals surface area contributed by atoms with Gasteiger partial charge in [-0.2, -0.15) is 0 Å². The Morgan fingerprint density at radius 3 is 2.69 bits per heavy atom. The van der Waals surface area contributed by atoms with E-state index in [0.717, 1.165) is 21.8 Å². The van der Waals surface area contributed by atoms with Crippen LogP contribution in [0.4, 0.5) is 19.0 Å². The molecule has 4 heterocycles. The molecule has 10 nitrogen and oxygen atoms in total. The second-order valence-electron chi connectivity index (χ2n) is 11.7. The molecule has 3 saturated carbocycles. The number of nitrogens with one attached hydrogen (secondary N) is 1. The van der Waals surface area contributed by atoms with E-state index < -0.39 is 51.5 Å². The summed E-state index contributed by atoms with van der Waals surface area (Å²) in [6.07, 6.45) is 4.16. The molecule has 14 heteroatoms. The first-order chi connectivity index (χ1) is 21.5. The molecule has 0 unspecified atom stereocenters. The smallest absolute Gasteiger partial charge is 0.311 e. The third-order valence-electron chi connectivity index (χ3n) is 8.90. The Bertz CT molecular complexity index is 2060. The second kappa shape index (κ2) is 10.6. The summed E-state index contributed by atoms with van der Waals surface area (Å²) in [5.41, 5.74) is 1.44. The van der Waals surface area contributed by atoms with Gasteiger partial charge in [0.15, 0.2) is 17.3 Å². The molecule has 0 spiro atoms. The highest BCUT2D eigenvalue weighted by molar-refractivity contribution is 7.90. The van der Waals surface area contributed by atoms with Gasteiger partial charge in [0.25, 0.3) is 15.9 Å². The summed E-state index contributed by atoms with van der Waals surface area (Å²) in [7, 11) is -4.17. The van der Waals surface area contributed by atoms with Crippen molar-refractivity contribution in [1.29, 1.82) is 0 Å². The molecular formula is C31H29F3N6O4S. The predicted molar refractivity (Wildman–Crippen MR) is 159 cm³/mol. The molecule has 5 aromatic rings. The second-order valence-corrected chi connectivity index (χ2v) is 13.5. The van der Waals surface area contributed by atoms with Gasteiger partial charge >= 0.3 is 5.97 Å². The lowest BCUT2D eigenvalue weighted by atomic mass is 9.59. The number of esters is 1. The number of aryl methyl sites for hydroxylation is 1.